The van der Waals surface area contributed by atoms with E-state index in [4.69, 9.17) is 5.14 Å². The molecular weight excluding hydrogens is 274 g/mol. The molecule has 0 spiro atoms. The summed E-state index contributed by atoms with van der Waals surface area (Å²) >= 11 is 0. The number of hydrogen-bond acceptors (Lipinski definition) is 4. The van der Waals surface area contributed by atoms with E-state index in [0.717, 1.165) is 32.1 Å². The Morgan fingerprint density at radius 3 is 2.60 bits per heavy atom. The number of benzene rings is 1. The maximum Gasteiger partial charge on any atom is 0.240 e. The summed E-state index contributed by atoms with van der Waals surface area (Å²) in [5.41, 5.74) is 0.584. The number of primary sulfonamides is 1. The van der Waals surface area contributed by atoms with Crippen molar-refractivity contribution in [1.82, 2.24) is 4.90 Å². The van der Waals surface area contributed by atoms with Crippen molar-refractivity contribution in [3.8, 4) is 0 Å². The summed E-state index contributed by atoms with van der Waals surface area (Å²) in [4.78, 5) is 2.57. The van der Waals surface area contributed by atoms with Gasteiger partial charge in [-0.25, -0.2) is 13.6 Å². The van der Waals surface area contributed by atoms with Gasteiger partial charge >= 0.3 is 0 Å². The fourth-order valence-electron chi connectivity index (χ4n) is 2.50. The molecule has 1 saturated heterocycles. The second-order valence-corrected chi connectivity index (χ2v) is 7.02. The Bertz CT molecular complexity index is 537. The Morgan fingerprint density at radius 1 is 1.30 bits per heavy atom. The number of rotatable bonds is 5. The molecule has 0 unspecified atom stereocenters. The summed E-state index contributed by atoms with van der Waals surface area (Å²) in [6.45, 7) is 6.18. The molecule has 20 heavy (non-hydrogen) atoms. The van der Waals surface area contributed by atoms with Crippen LogP contribution in [0.25, 0.3) is 0 Å². The highest BCUT2D eigenvalue weighted by molar-refractivity contribution is 7.89. The Hall–Kier alpha value is -1.11. The van der Waals surface area contributed by atoms with Crippen molar-refractivity contribution in [3.05, 3.63) is 24.3 Å². The molecule has 3 N–H and O–H groups in total. The van der Waals surface area contributed by atoms with E-state index < -0.39 is 10.0 Å². The van der Waals surface area contributed by atoms with Crippen molar-refractivity contribution < 1.29 is 8.42 Å². The van der Waals surface area contributed by atoms with Gasteiger partial charge in [0.25, 0.3) is 0 Å². The Morgan fingerprint density at radius 2 is 1.95 bits per heavy atom. The molecule has 0 atom stereocenters. The Balaban J connectivity index is 1.89. The number of nitrogens with one attached hydrogen (secondary N) is 1. The molecule has 0 aromatic heterocycles. The third-order valence-corrected chi connectivity index (χ3v) is 4.78. The number of likely N-dealkylation sites (tertiary alicyclic amines) is 1. The van der Waals surface area contributed by atoms with E-state index in [2.05, 4.69) is 17.1 Å². The molecule has 0 amide bonds. The van der Waals surface area contributed by atoms with Crippen LogP contribution in [0.15, 0.2) is 29.2 Å². The van der Waals surface area contributed by atoms with Gasteiger partial charge in [0.15, 0.2) is 0 Å². The molecule has 0 bridgehead atoms. The molecule has 0 radical (unpaired) electrons. The molecule has 5 nitrogen and oxygen atoms in total. The standard InChI is InChI=1S/C14H23N3O2S/c1-12-6-9-17(10-7-12)11-8-16-13-4-2-3-5-14(13)20(15,18)19/h2-5,12,16H,6-11H2,1H3,(H2,15,18,19). The monoisotopic (exact) mass is 297 g/mol. The topological polar surface area (TPSA) is 75.4 Å². The first-order chi connectivity index (χ1) is 9.47. The van der Waals surface area contributed by atoms with Crippen molar-refractivity contribution >= 4 is 15.7 Å². The van der Waals surface area contributed by atoms with Crippen LogP contribution in [0.4, 0.5) is 5.69 Å². The summed E-state index contributed by atoms with van der Waals surface area (Å²) in [5.74, 6) is 0.822. The average Bonchev–Trinajstić information content (AvgIpc) is 2.40. The van der Waals surface area contributed by atoms with Gasteiger partial charge in [0.2, 0.25) is 10.0 Å². The third kappa shape index (κ3) is 4.19. The van der Waals surface area contributed by atoms with Crippen molar-refractivity contribution in [2.24, 2.45) is 11.1 Å². The van der Waals surface area contributed by atoms with Gasteiger partial charge in [0.1, 0.15) is 4.90 Å². The van der Waals surface area contributed by atoms with Gasteiger partial charge < -0.3 is 10.2 Å². The molecular formula is C14H23N3O2S. The van der Waals surface area contributed by atoms with Crippen LogP contribution in [0.2, 0.25) is 0 Å². The van der Waals surface area contributed by atoms with Crippen molar-refractivity contribution in [3.63, 3.8) is 0 Å². The highest BCUT2D eigenvalue weighted by atomic mass is 32.2. The molecule has 0 aliphatic carbocycles. The lowest BCUT2D eigenvalue weighted by Crippen LogP contribution is -2.36. The van der Waals surface area contributed by atoms with Gasteiger partial charge in [-0.05, 0) is 44.0 Å². The number of anilines is 1. The molecule has 1 heterocycles. The van der Waals surface area contributed by atoms with E-state index in [1.54, 1.807) is 18.2 Å². The molecule has 6 heteroatoms. The van der Waals surface area contributed by atoms with E-state index in [9.17, 15) is 8.42 Å². The molecule has 0 saturated carbocycles. The van der Waals surface area contributed by atoms with Gasteiger partial charge in [-0.2, -0.15) is 0 Å². The fourth-order valence-corrected chi connectivity index (χ4v) is 3.21. The minimum Gasteiger partial charge on any atom is -0.383 e. The number of sulfonamides is 1. The first-order valence-corrected chi connectivity index (χ1v) is 8.59. The molecule has 2 rings (SSSR count). The van der Waals surface area contributed by atoms with E-state index in [1.807, 2.05) is 0 Å². The highest BCUT2D eigenvalue weighted by Crippen LogP contribution is 2.19. The highest BCUT2D eigenvalue weighted by Gasteiger charge is 2.16. The van der Waals surface area contributed by atoms with Crippen molar-refractivity contribution in [1.29, 1.82) is 0 Å². The van der Waals surface area contributed by atoms with Gasteiger partial charge in [-0.3, -0.25) is 0 Å². The van der Waals surface area contributed by atoms with Crippen LogP contribution >= 0.6 is 0 Å². The Kier molecular flexibility index (Phi) is 5.01. The molecule has 1 fully saturated rings. The van der Waals surface area contributed by atoms with E-state index in [1.165, 1.54) is 18.9 Å². The lowest BCUT2D eigenvalue weighted by Gasteiger charge is -2.30. The number of para-hydroxylation sites is 1. The number of nitrogens with two attached hydrogens (primary N) is 1. The average molecular weight is 297 g/mol. The SMILES string of the molecule is CC1CCN(CCNc2ccccc2S(N)(=O)=O)CC1. The molecule has 1 aliphatic heterocycles. The molecule has 1 aromatic rings. The van der Waals surface area contributed by atoms with Gasteiger partial charge in [0.05, 0.1) is 5.69 Å². The number of hydrogen-bond donors (Lipinski definition) is 2. The third-order valence-electron chi connectivity index (χ3n) is 3.81. The second-order valence-electron chi connectivity index (χ2n) is 5.49. The summed E-state index contributed by atoms with van der Waals surface area (Å²) in [5, 5.41) is 8.39. The molecule has 112 valence electrons. The number of nitrogens with zero attached hydrogens (tertiary/aromatic N) is 1. The summed E-state index contributed by atoms with van der Waals surface area (Å²) in [6.07, 6.45) is 2.49. The summed E-state index contributed by atoms with van der Waals surface area (Å²) < 4.78 is 23.0. The minimum absolute atomic E-state index is 0.160. The fraction of sp³-hybridized carbons (Fsp3) is 0.571. The minimum atomic E-state index is -3.67. The van der Waals surface area contributed by atoms with Crippen LogP contribution in [0, 0.1) is 5.92 Å². The zero-order valence-electron chi connectivity index (χ0n) is 11.9. The van der Waals surface area contributed by atoms with E-state index in [-0.39, 0.29) is 4.90 Å². The smallest absolute Gasteiger partial charge is 0.240 e. The number of piperidine rings is 1. The maximum atomic E-state index is 11.5. The molecule has 1 aliphatic rings. The zero-order valence-corrected chi connectivity index (χ0v) is 12.7. The second kappa shape index (κ2) is 6.56. The lowest BCUT2D eigenvalue weighted by atomic mass is 9.99. The maximum absolute atomic E-state index is 11.5. The van der Waals surface area contributed by atoms with E-state index in [0.29, 0.717) is 5.69 Å². The first kappa shape index (κ1) is 15.3. The van der Waals surface area contributed by atoms with Gasteiger partial charge in [-0.1, -0.05) is 19.1 Å². The van der Waals surface area contributed by atoms with Crippen molar-refractivity contribution in [2.75, 3.05) is 31.5 Å². The summed E-state index contributed by atoms with van der Waals surface area (Å²) in [6, 6.07) is 6.76. The predicted molar refractivity (Wildman–Crippen MR) is 81.1 cm³/mol. The van der Waals surface area contributed by atoms with Crippen LogP contribution in [0.5, 0.6) is 0 Å². The lowest BCUT2D eigenvalue weighted by molar-refractivity contribution is 0.199. The van der Waals surface area contributed by atoms with Crippen LogP contribution in [0.1, 0.15) is 19.8 Å². The normalized spacial score (nSPS) is 18.1. The predicted octanol–water partition coefficient (Wildman–Crippen LogP) is 1.48. The summed E-state index contributed by atoms with van der Waals surface area (Å²) in [7, 11) is -3.67. The quantitative estimate of drug-likeness (QED) is 0.863. The van der Waals surface area contributed by atoms with Crippen molar-refractivity contribution in [2.45, 2.75) is 24.7 Å². The van der Waals surface area contributed by atoms with Crippen LogP contribution in [-0.4, -0.2) is 39.5 Å². The van der Waals surface area contributed by atoms with Crippen LogP contribution in [0.3, 0.4) is 0 Å². The van der Waals surface area contributed by atoms with Crippen LogP contribution < -0.4 is 10.5 Å². The Labute approximate surface area is 121 Å². The largest absolute Gasteiger partial charge is 0.383 e. The molecule has 1 aromatic carbocycles. The van der Waals surface area contributed by atoms with Gasteiger partial charge in [-0.15, -0.1) is 0 Å². The van der Waals surface area contributed by atoms with Gasteiger partial charge in [0, 0.05) is 13.1 Å². The van der Waals surface area contributed by atoms with E-state index >= 15 is 0 Å². The zero-order chi connectivity index (χ0) is 14.6. The first-order valence-electron chi connectivity index (χ1n) is 7.05. The van der Waals surface area contributed by atoms with Crippen LogP contribution in [-0.2, 0) is 10.0 Å².